The second-order valence-electron chi connectivity index (χ2n) is 7.85. The summed E-state index contributed by atoms with van der Waals surface area (Å²) < 4.78 is 38.8. The minimum absolute atomic E-state index is 0.0412. The molecule has 0 unspecified atom stereocenters. The number of ether oxygens (including phenoxy) is 2. The number of amides is 1. The van der Waals surface area contributed by atoms with Gasteiger partial charge in [0.05, 0.1) is 24.3 Å². The number of aryl methyl sites for hydroxylation is 2. The third-order valence-electron chi connectivity index (χ3n) is 5.10. The maximum Gasteiger partial charge on any atom is 0.271 e. The van der Waals surface area contributed by atoms with Crippen molar-refractivity contribution in [3.63, 3.8) is 0 Å². The summed E-state index contributed by atoms with van der Waals surface area (Å²) in [4.78, 5) is 13.3. The van der Waals surface area contributed by atoms with Crippen LogP contribution in [0.2, 0.25) is 0 Å². The lowest BCUT2D eigenvalue weighted by atomic mass is 10.2. The lowest BCUT2D eigenvalue weighted by Crippen LogP contribution is -2.35. The molecule has 0 saturated carbocycles. The van der Waals surface area contributed by atoms with Crippen molar-refractivity contribution in [3.05, 3.63) is 89.5 Å². The predicted molar refractivity (Wildman–Crippen MR) is 135 cm³/mol. The minimum Gasteiger partial charge on any atom is -0.493 e. The zero-order valence-corrected chi connectivity index (χ0v) is 20.6. The van der Waals surface area contributed by atoms with Gasteiger partial charge in [-0.1, -0.05) is 48.4 Å². The summed E-state index contributed by atoms with van der Waals surface area (Å²) in [5, 5.41) is 0. The first-order valence-electron chi connectivity index (χ1n) is 11.0. The second kappa shape index (κ2) is 11.0. The Balaban J connectivity index is 1.97. The Hall–Kier alpha value is -3.58. The molecule has 0 aliphatic heterocycles. The van der Waals surface area contributed by atoms with Crippen molar-refractivity contribution < 1.29 is 22.7 Å². The van der Waals surface area contributed by atoms with E-state index in [-0.39, 0.29) is 10.6 Å². The summed E-state index contributed by atoms with van der Waals surface area (Å²) in [7, 11) is -2.59. The van der Waals surface area contributed by atoms with E-state index in [0.717, 1.165) is 21.9 Å². The topological polar surface area (TPSA) is 72.9 Å². The third kappa shape index (κ3) is 5.85. The van der Waals surface area contributed by atoms with E-state index in [2.05, 4.69) is 0 Å². The lowest BCUT2D eigenvalue weighted by molar-refractivity contribution is -0.113. The van der Waals surface area contributed by atoms with Crippen molar-refractivity contribution in [2.45, 2.75) is 32.1 Å². The van der Waals surface area contributed by atoms with Crippen LogP contribution in [0, 0.1) is 13.8 Å². The molecule has 3 rings (SSSR count). The molecule has 6 nitrogen and oxygen atoms in total. The molecular formula is C27H29NO5S. The third-order valence-corrected chi connectivity index (χ3v) is 6.83. The SMILES string of the molecule is CCCOc1ccc(/C=C/C(=O)N(c2ccc(C)cc2)S(=O)(=O)c2ccc(C)cc2)cc1OC. The van der Waals surface area contributed by atoms with Gasteiger partial charge in [0.15, 0.2) is 11.5 Å². The summed E-state index contributed by atoms with van der Waals surface area (Å²) in [6.45, 7) is 6.34. The Kier molecular flexibility index (Phi) is 8.12. The van der Waals surface area contributed by atoms with Crippen molar-refractivity contribution in [2.75, 3.05) is 18.0 Å². The minimum atomic E-state index is -4.13. The first kappa shape index (κ1) is 25.1. The highest BCUT2D eigenvalue weighted by atomic mass is 32.2. The number of sulfonamides is 1. The van der Waals surface area contributed by atoms with E-state index < -0.39 is 15.9 Å². The van der Waals surface area contributed by atoms with Crippen molar-refractivity contribution in [2.24, 2.45) is 0 Å². The molecule has 0 saturated heterocycles. The van der Waals surface area contributed by atoms with Gasteiger partial charge in [0.2, 0.25) is 0 Å². The Morgan fingerprint density at radius 3 is 2.12 bits per heavy atom. The van der Waals surface area contributed by atoms with Crippen LogP contribution in [0.25, 0.3) is 6.08 Å². The molecule has 3 aromatic rings. The van der Waals surface area contributed by atoms with E-state index in [4.69, 9.17) is 9.47 Å². The largest absolute Gasteiger partial charge is 0.493 e. The number of hydrogen-bond acceptors (Lipinski definition) is 5. The summed E-state index contributed by atoms with van der Waals surface area (Å²) >= 11 is 0. The monoisotopic (exact) mass is 479 g/mol. The molecule has 0 aromatic heterocycles. The van der Waals surface area contributed by atoms with Gasteiger partial charge in [-0.05, 0) is 68.3 Å². The fraction of sp³-hybridized carbons (Fsp3) is 0.222. The van der Waals surface area contributed by atoms with E-state index >= 15 is 0 Å². The van der Waals surface area contributed by atoms with Crippen molar-refractivity contribution in [3.8, 4) is 11.5 Å². The van der Waals surface area contributed by atoms with E-state index in [1.165, 1.54) is 18.2 Å². The summed E-state index contributed by atoms with van der Waals surface area (Å²) in [5.74, 6) is 0.455. The zero-order chi connectivity index (χ0) is 24.7. The smallest absolute Gasteiger partial charge is 0.271 e. The molecule has 0 fully saturated rings. The molecule has 0 aliphatic rings. The van der Waals surface area contributed by atoms with Crippen molar-refractivity contribution >= 4 is 27.7 Å². The zero-order valence-electron chi connectivity index (χ0n) is 19.8. The van der Waals surface area contributed by atoms with Gasteiger partial charge in [-0.25, -0.2) is 8.42 Å². The van der Waals surface area contributed by atoms with Crippen LogP contribution in [-0.2, 0) is 14.8 Å². The maximum absolute atomic E-state index is 13.5. The van der Waals surface area contributed by atoms with Crippen molar-refractivity contribution in [1.29, 1.82) is 0 Å². The highest BCUT2D eigenvalue weighted by molar-refractivity contribution is 7.93. The molecule has 178 valence electrons. The van der Waals surface area contributed by atoms with Crippen LogP contribution in [0.1, 0.15) is 30.0 Å². The highest BCUT2D eigenvalue weighted by Crippen LogP contribution is 2.29. The van der Waals surface area contributed by atoms with Crippen LogP contribution in [-0.4, -0.2) is 28.0 Å². The van der Waals surface area contributed by atoms with Gasteiger partial charge in [-0.15, -0.1) is 0 Å². The lowest BCUT2D eigenvalue weighted by Gasteiger charge is -2.21. The molecule has 0 radical (unpaired) electrons. The fourth-order valence-corrected chi connectivity index (χ4v) is 4.62. The molecule has 1 amide bonds. The molecule has 3 aromatic carbocycles. The fourth-order valence-electron chi connectivity index (χ4n) is 3.23. The molecule has 0 spiro atoms. The van der Waals surface area contributed by atoms with Crippen molar-refractivity contribution in [1.82, 2.24) is 0 Å². The van der Waals surface area contributed by atoms with E-state index in [0.29, 0.717) is 23.7 Å². The van der Waals surface area contributed by atoms with Gasteiger partial charge >= 0.3 is 0 Å². The maximum atomic E-state index is 13.5. The van der Waals surface area contributed by atoms with E-state index in [1.54, 1.807) is 67.8 Å². The Labute approximate surface area is 201 Å². The second-order valence-corrected chi connectivity index (χ2v) is 9.64. The number of hydrogen-bond donors (Lipinski definition) is 0. The Bertz CT molecular complexity index is 1260. The predicted octanol–water partition coefficient (Wildman–Crippen LogP) is 5.54. The molecule has 0 heterocycles. The number of benzene rings is 3. The molecule has 34 heavy (non-hydrogen) atoms. The summed E-state index contributed by atoms with van der Waals surface area (Å²) in [6.07, 6.45) is 3.66. The van der Waals surface area contributed by atoms with Gasteiger partial charge in [-0.3, -0.25) is 4.79 Å². The van der Waals surface area contributed by atoms with E-state index in [9.17, 15) is 13.2 Å². The molecular weight excluding hydrogens is 450 g/mol. The number of carbonyl (C=O) groups is 1. The number of rotatable bonds is 9. The van der Waals surface area contributed by atoms with Gasteiger partial charge < -0.3 is 9.47 Å². The van der Waals surface area contributed by atoms with Gasteiger partial charge in [0.1, 0.15) is 0 Å². The Morgan fingerprint density at radius 1 is 0.912 bits per heavy atom. The Morgan fingerprint density at radius 2 is 1.53 bits per heavy atom. The molecule has 7 heteroatoms. The molecule has 0 N–H and O–H groups in total. The van der Waals surface area contributed by atoms with Gasteiger partial charge in [-0.2, -0.15) is 4.31 Å². The average Bonchev–Trinajstić information content (AvgIpc) is 2.83. The molecule has 0 atom stereocenters. The average molecular weight is 480 g/mol. The molecule has 0 bridgehead atoms. The quantitative estimate of drug-likeness (QED) is 0.377. The number of methoxy groups -OCH3 is 1. The van der Waals surface area contributed by atoms with Gasteiger partial charge in [0.25, 0.3) is 15.9 Å². The normalized spacial score (nSPS) is 11.4. The van der Waals surface area contributed by atoms with E-state index in [1.807, 2.05) is 20.8 Å². The van der Waals surface area contributed by atoms with Gasteiger partial charge in [0, 0.05) is 6.08 Å². The molecule has 0 aliphatic carbocycles. The van der Waals surface area contributed by atoms with Crippen LogP contribution >= 0.6 is 0 Å². The van der Waals surface area contributed by atoms with Crippen LogP contribution in [0.15, 0.2) is 77.7 Å². The number of carbonyl (C=O) groups excluding carboxylic acids is 1. The number of nitrogens with zero attached hydrogens (tertiary/aromatic N) is 1. The highest BCUT2D eigenvalue weighted by Gasteiger charge is 2.29. The van der Waals surface area contributed by atoms with Crippen LogP contribution < -0.4 is 13.8 Å². The standard InChI is InChI=1S/C27H29NO5S/c1-5-18-33-25-16-10-22(19-26(25)32-4)11-17-27(29)28(23-12-6-20(2)7-13-23)34(30,31)24-14-8-21(3)9-15-24/h6-17,19H,5,18H2,1-4H3/b17-11+. The summed E-state index contributed by atoms with van der Waals surface area (Å²) in [5.41, 5.74) is 2.82. The van der Waals surface area contributed by atoms with Crippen LogP contribution in [0.5, 0.6) is 11.5 Å². The first-order valence-corrected chi connectivity index (χ1v) is 12.4. The summed E-state index contributed by atoms with van der Waals surface area (Å²) in [6, 6.07) is 18.5. The first-order chi connectivity index (χ1) is 16.3. The van der Waals surface area contributed by atoms with Crippen LogP contribution in [0.3, 0.4) is 0 Å². The van der Waals surface area contributed by atoms with Crippen LogP contribution in [0.4, 0.5) is 5.69 Å². The number of anilines is 1.